The molecule has 0 amide bonds. The molecule has 2 heteroatoms. The Bertz CT molecular complexity index is 6870. The lowest BCUT2D eigenvalue weighted by molar-refractivity contribution is 0.660. The van der Waals surface area contributed by atoms with Gasteiger partial charge < -0.3 is 9.32 Å². The molecule has 22 rings (SSSR count). The second-order valence-electron chi connectivity index (χ2n) is 30.0. The number of anilines is 3. The van der Waals surface area contributed by atoms with Crippen molar-refractivity contribution in [2.75, 3.05) is 4.90 Å². The zero-order valence-corrected chi connectivity index (χ0v) is 59.2. The van der Waals surface area contributed by atoms with Crippen molar-refractivity contribution < 1.29 is 4.42 Å². The van der Waals surface area contributed by atoms with Crippen LogP contribution in [-0.4, -0.2) is 0 Å². The van der Waals surface area contributed by atoms with Gasteiger partial charge in [-0.3, -0.25) is 0 Å². The number of nitrogens with zero attached hydrogens (tertiary/aromatic N) is 1. The molecule has 0 bridgehead atoms. The molecular formula is C105H69NO. The van der Waals surface area contributed by atoms with Gasteiger partial charge in [-0.1, -0.05) is 341 Å². The average molecular weight is 1360 g/mol. The fourth-order valence-electron chi connectivity index (χ4n) is 19.4. The van der Waals surface area contributed by atoms with Gasteiger partial charge in [-0.2, -0.15) is 0 Å². The Morgan fingerprint density at radius 1 is 0.262 bits per heavy atom. The highest BCUT2D eigenvalue weighted by atomic mass is 16.3. The SMILES string of the molecule is CC1(C)c2ccccc2-c2ccc(N(c3ccc(-c4cccc5c4oc4ccc(-c6ccc(-c7cccc(C(c8ccc(-c9ccc%10c(ccc%11ccccc%11%10)c9)cc8)c8cccc9ccccc89)c7)c7ccccc67)cc45)cc3)c3cccc4c3-c3ccccc3C43c4ccccc4-c4ccccc43)cc21. The highest BCUT2D eigenvalue weighted by Gasteiger charge is 2.52. The minimum absolute atomic E-state index is 0.0256. The molecule has 0 saturated carbocycles. The van der Waals surface area contributed by atoms with Gasteiger partial charge in [0.1, 0.15) is 11.2 Å². The standard InChI is InChI=1S/C105H69NO/c1-104(2)93-37-13-9-30-85(93)88-57-55-76(64-98(88)104)106(99-42-20-41-97-102(99)91-33-12-16-40-96(91)105(97)94-38-14-10-31-86(94)87-32-11-15-39-95(87)105)75-53-49-68(50-54-75)82-34-19-36-90-92-63-73(52-60-100(92)107-103(82)90)81-59-58-80(83-28-7-8-29-84(81)83)71-24-17-25-74(62-71)101(89-35-18-23-66-21-3-6-27-78(66)89)69-46-43-65(44-47-69)70-51-56-79-72(61-70)48-45-67-22-4-5-26-77(67)79/h3-64,101H,1-2H3. The van der Waals surface area contributed by atoms with Crippen molar-refractivity contribution in [3.05, 3.63) is 426 Å². The highest BCUT2D eigenvalue weighted by Crippen LogP contribution is 2.65. The predicted octanol–water partition coefficient (Wildman–Crippen LogP) is 28.2. The Morgan fingerprint density at radius 2 is 0.766 bits per heavy atom. The van der Waals surface area contributed by atoms with Crippen LogP contribution in [0.4, 0.5) is 17.1 Å². The average Bonchev–Trinajstić information content (AvgIpc) is 1.51. The Balaban J connectivity index is 0.621. The molecule has 0 aliphatic heterocycles. The van der Waals surface area contributed by atoms with E-state index in [-0.39, 0.29) is 11.3 Å². The number of hydrogen-bond acceptors (Lipinski definition) is 2. The number of para-hydroxylation sites is 1. The summed E-state index contributed by atoms with van der Waals surface area (Å²) in [6.45, 7) is 4.76. The molecule has 107 heavy (non-hydrogen) atoms. The van der Waals surface area contributed by atoms with Crippen molar-refractivity contribution in [2.24, 2.45) is 0 Å². The third kappa shape index (κ3) is 9.13. The minimum atomic E-state index is -0.483. The molecule has 1 unspecified atom stereocenters. The van der Waals surface area contributed by atoms with E-state index in [0.717, 1.165) is 55.7 Å². The van der Waals surface area contributed by atoms with E-state index in [4.69, 9.17) is 4.42 Å². The topological polar surface area (TPSA) is 16.4 Å². The molecule has 0 N–H and O–H groups in total. The molecule has 0 fully saturated rings. The Morgan fingerprint density at radius 3 is 1.51 bits per heavy atom. The molecule has 3 aliphatic rings. The summed E-state index contributed by atoms with van der Waals surface area (Å²) in [5.74, 6) is -0.0256. The third-order valence-corrected chi connectivity index (χ3v) is 24.2. The van der Waals surface area contributed by atoms with Crippen LogP contribution in [-0.2, 0) is 10.8 Å². The Hall–Kier alpha value is -13.4. The smallest absolute Gasteiger partial charge is 0.143 e. The first-order chi connectivity index (χ1) is 52.8. The first-order valence-electron chi connectivity index (χ1n) is 37.5. The van der Waals surface area contributed by atoms with Gasteiger partial charge >= 0.3 is 0 Å². The number of benzene rings is 18. The molecule has 1 heterocycles. The van der Waals surface area contributed by atoms with E-state index in [9.17, 15) is 0 Å². The van der Waals surface area contributed by atoms with Gasteiger partial charge in [-0.15, -0.1) is 0 Å². The lowest BCUT2D eigenvalue weighted by Gasteiger charge is -2.32. The summed E-state index contributed by atoms with van der Waals surface area (Å²) in [6.07, 6.45) is 0. The fraction of sp³-hybridized carbons (Fsp3) is 0.0476. The number of fused-ring (bicyclic) bond motifs is 21. The minimum Gasteiger partial charge on any atom is -0.455 e. The molecule has 3 aliphatic carbocycles. The van der Waals surface area contributed by atoms with Gasteiger partial charge in [0.15, 0.2) is 0 Å². The number of hydrogen-bond donors (Lipinski definition) is 0. The predicted molar refractivity (Wildman–Crippen MR) is 448 cm³/mol. The van der Waals surface area contributed by atoms with Crippen LogP contribution >= 0.6 is 0 Å². The second-order valence-corrected chi connectivity index (χ2v) is 30.0. The maximum Gasteiger partial charge on any atom is 0.143 e. The Labute approximate surface area is 622 Å². The van der Waals surface area contributed by atoms with E-state index in [1.807, 2.05) is 0 Å². The van der Waals surface area contributed by atoms with Crippen LogP contribution in [0.1, 0.15) is 69.8 Å². The van der Waals surface area contributed by atoms with Crippen LogP contribution in [0.3, 0.4) is 0 Å². The molecule has 0 saturated heterocycles. The van der Waals surface area contributed by atoms with Crippen molar-refractivity contribution in [3.63, 3.8) is 0 Å². The van der Waals surface area contributed by atoms with E-state index in [0.29, 0.717) is 0 Å². The second kappa shape index (κ2) is 23.6. The molecule has 500 valence electrons. The van der Waals surface area contributed by atoms with E-state index in [1.54, 1.807) is 0 Å². The van der Waals surface area contributed by atoms with Crippen LogP contribution < -0.4 is 4.90 Å². The summed E-state index contributed by atoms with van der Waals surface area (Å²) in [4.78, 5) is 2.53. The van der Waals surface area contributed by atoms with Gasteiger partial charge in [-0.05, 0) is 208 Å². The summed E-state index contributed by atoms with van der Waals surface area (Å²) in [6, 6.07) is 141. The maximum absolute atomic E-state index is 7.04. The van der Waals surface area contributed by atoms with Crippen LogP contribution in [0, 0.1) is 0 Å². The van der Waals surface area contributed by atoms with Gasteiger partial charge in [0.05, 0.1) is 11.1 Å². The largest absolute Gasteiger partial charge is 0.455 e. The zero-order valence-electron chi connectivity index (χ0n) is 59.2. The van der Waals surface area contributed by atoms with E-state index >= 15 is 0 Å². The number of rotatable bonds is 10. The van der Waals surface area contributed by atoms with Crippen LogP contribution in [0.2, 0.25) is 0 Å². The first kappa shape index (κ1) is 61.1. The van der Waals surface area contributed by atoms with E-state index in [2.05, 4.69) is 395 Å². The lowest BCUT2D eigenvalue weighted by Crippen LogP contribution is -2.26. The summed E-state index contributed by atoms with van der Waals surface area (Å²) in [5, 5.41) is 12.2. The molecule has 2 nitrogen and oxygen atoms in total. The molecular weight excluding hydrogens is 1290 g/mol. The molecule has 18 aromatic carbocycles. The summed E-state index contributed by atoms with van der Waals surface area (Å²) in [7, 11) is 0. The highest BCUT2D eigenvalue weighted by molar-refractivity contribution is 6.13. The zero-order chi connectivity index (χ0) is 70.6. The summed E-state index contributed by atoms with van der Waals surface area (Å²) in [5.41, 5.74) is 33.2. The van der Waals surface area contributed by atoms with Crippen molar-refractivity contribution in [3.8, 4) is 77.9 Å². The normalized spacial score (nSPS) is 13.6. The first-order valence-corrected chi connectivity index (χ1v) is 37.5. The Kier molecular flexibility index (Phi) is 13.5. The van der Waals surface area contributed by atoms with Crippen LogP contribution in [0.5, 0.6) is 0 Å². The van der Waals surface area contributed by atoms with Crippen molar-refractivity contribution in [1.29, 1.82) is 0 Å². The van der Waals surface area contributed by atoms with Gasteiger partial charge in [0.2, 0.25) is 0 Å². The van der Waals surface area contributed by atoms with Gasteiger partial charge in [0, 0.05) is 44.6 Å². The van der Waals surface area contributed by atoms with Gasteiger partial charge in [0.25, 0.3) is 0 Å². The third-order valence-electron chi connectivity index (χ3n) is 24.2. The van der Waals surface area contributed by atoms with Crippen molar-refractivity contribution >= 4 is 82.1 Å². The molecule has 1 spiro atoms. The lowest BCUT2D eigenvalue weighted by atomic mass is 9.70. The van der Waals surface area contributed by atoms with Crippen LogP contribution in [0.15, 0.2) is 381 Å². The monoisotopic (exact) mass is 1360 g/mol. The van der Waals surface area contributed by atoms with E-state index in [1.165, 1.54) is 154 Å². The molecule has 1 atom stereocenters. The van der Waals surface area contributed by atoms with Crippen molar-refractivity contribution in [1.82, 2.24) is 0 Å². The summed E-state index contributed by atoms with van der Waals surface area (Å²) >= 11 is 0. The quantitative estimate of drug-likeness (QED) is 0.100. The summed E-state index contributed by atoms with van der Waals surface area (Å²) < 4.78 is 7.04. The van der Waals surface area contributed by atoms with Gasteiger partial charge in [-0.25, -0.2) is 0 Å². The number of furan rings is 1. The molecule has 19 aromatic rings. The fourth-order valence-corrected chi connectivity index (χ4v) is 19.4. The molecule has 1 aromatic heterocycles. The van der Waals surface area contributed by atoms with Crippen molar-refractivity contribution in [2.45, 2.75) is 30.6 Å². The van der Waals surface area contributed by atoms with Crippen LogP contribution in [0.25, 0.3) is 143 Å². The maximum atomic E-state index is 7.04. The molecule has 0 radical (unpaired) electrons. The van der Waals surface area contributed by atoms with E-state index < -0.39 is 5.41 Å².